The number of aliphatic imine (C=N–C) groups is 1. The SMILES string of the molecule is C=C(COC)N=C(N)/C(C)=C(/C)C(=N)N1CCC(Oc2ccc(F)cc2)CC1. The highest BCUT2D eigenvalue weighted by molar-refractivity contribution is 6.06. The fourth-order valence-corrected chi connectivity index (χ4v) is 2.96. The van der Waals surface area contributed by atoms with Crippen molar-refractivity contribution >= 4 is 11.7 Å². The molecular formula is C21H29FN4O2. The Labute approximate surface area is 166 Å². The molecule has 0 aliphatic carbocycles. The number of methoxy groups -OCH3 is 1. The molecule has 3 N–H and O–H groups in total. The lowest BCUT2D eigenvalue weighted by Crippen LogP contribution is -2.42. The van der Waals surface area contributed by atoms with Crippen LogP contribution in [0.15, 0.2) is 52.7 Å². The molecule has 0 aromatic heterocycles. The van der Waals surface area contributed by atoms with Crippen LogP contribution in [0.2, 0.25) is 0 Å². The first-order valence-electron chi connectivity index (χ1n) is 9.26. The van der Waals surface area contributed by atoms with E-state index in [9.17, 15) is 4.39 Å². The maximum atomic E-state index is 13.0. The van der Waals surface area contributed by atoms with Gasteiger partial charge < -0.3 is 20.1 Å². The number of nitrogens with two attached hydrogens (primary N) is 1. The van der Waals surface area contributed by atoms with E-state index in [-0.39, 0.29) is 11.9 Å². The molecule has 0 atom stereocenters. The Hall–Kier alpha value is -2.67. The summed E-state index contributed by atoms with van der Waals surface area (Å²) in [4.78, 5) is 6.25. The van der Waals surface area contributed by atoms with Crippen molar-refractivity contribution in [3.8, 4) is 5.75 Å². The molecule has 1 aliphatic heterocycles. The molecule has 152 valence electrons. The van der Waals surface area contributed by atoms with Crippen LogP contribution in [-0.2, 0) is 4.74 Å². The smallest absolute Gasteiger partial charge is 0.127 e. The van der Waals surface area contributed by atoms with Crippen molar-refractivity contribution in [1.29, 1.82) is 5.41 Å². The molecule has 28 heavy (non-hydrogen) atoms. The average Bonchev–Trinajstić information content (AvgIpc) is 2.68. The molecule has 7 heteroatoms. The Morgan fingerprint density at radius 3 is 2.43 bits per heavy atom. The van der Waals surface area contributed by atoms with Gasteiger partial charge in [0.2, 0.25) is 0 Å². The van der Waals surface area contributed by atoms with E-state index in [1.165, 1.54) is 12.1 Å². The number of halogens is 1. The van der Waals surface area contributed by atoms with Gasteiger partial charge in [-0.1, -0.05) is 6.58 Å². The molecular weight excluding hydrogens is 359 g/mol. The number of nitrogens with zero attached hydrogens (tertiary/aromatic N) is 2. The second-order valence-electron chi connectivity index (χ2n) is 6.85. The van der Waals surface area contributed by atoms with Crippen molar-refractivity contribution < 1.29 is 13.9 Å². The molecule has 0 amide bonds. The lowest BCUT2D eigenvalue weighted by molar-refractivity contribution is 0.131. The zero-order chi connectivity index (χ0) is 20.7. The quantitative estimate of drug-likeness (QED) is 0.553. The third kappa shape index (κ3) is 5.92. The monoisotopic (exact) mass is 388 g/mol. The number of hydrogen-bond acceptors (Lipinski definition) is 4. The molecule has 1 fully saturated rings. The first kappa shape index (κ1) is 21.6. The third-order valence-electron chi connectivity index (χ3n) is 4.77. The van der Waals surface area contributed by atoms with Crippen LogP contribution >= 0.6 is 0 Å². The summed E-state index contributed by atoms with van der Waals surface area (Å²) in [6, 6.07) is 6.06. The van der Waals surface area contributed by atoms with Gasteiger partial charge in [-0.25, -0.2) is 9.38 Å². The summed E-state index contributed by atoms with van der Waals surface area (Å²) in [6.07, 6.45) is 1.64. The Bertz CT molecular complexity index is 763. The third-order valence-corrected chi connectivity index (χ3v) is 4.77. The molecule has 1 aromatic rings. The first-order chi connectivity index (χ1) is 13.3. The van der Waals surface area contributed by atoms with Gasteiger partial charge in [-0.2, -0.15) is 0 Å². The van der Waals surface area contributed by atoms with Crippen LogP contribution in [0.4, 0.5) is 4.39 Å². The van der Waals surface area contributed by atoms with Gasteiger partial charge in [-0.15, -0.1) is 0 Å². The summed E-state index contributed by atoms with van der Waals surface area (Å²) in [7, 11) is 1.57. The zero-order valence-electron chi connectivity index (χ0n) is 16.8. The van der Waals surface area contributed by atoms with Crippen molar-refractivity contribution in [2.24, 2.45) is 10.7 Å². The van der Waals surface area contributed by atoms with Crippen LogP contribution in [0.1, 0.15) is 26.7 Å². The van der Waals surface area contributed by atoms with E-state index in [0.717, 1.165) is 24.0 Å². The number of ether oxygens (including phenoxy) is 2. The van der Waals surface area contributed by atoms with E-state index in [4.69, 9.17) is 20.6 Å². The van der Waals surface area contributed by atoms with Gasteiger partial charge in [0.15, 0.2) is 0 Å². The molecule has 0 saturated carbocycles. The van der Waals surface area contributed by atoms with Gasteiger partial charge in [-0.05, 0) is 49.3 Å². The normalized spacial score (nSPS) is 16.6. The lowest BCUT2D eigenvalue weighted by Gasteiger charge is -2.34. The molecule has 0 radical (unpaired) electrons. The second kappa shape index (κ2) is 10.0. The predicted molar refractivity (Wildman–Crippen MR) is 110 cm³/mol. The number of piperidine rings is 1. The van der Waals surface area contributed by atoms with Gasteiger partial charge in [0, 0.05) is 33.0 Å². The van der Waals surface area contributed by atoms with Gasteiger partial charge in [0.1, 0.15) is 29.3 Å². The minimum absolute atomic E-state index is 0.0592. The summed E-state index contributed by atoms with van der Waals surface area (Å²) in [5, 5.41) is 8.51. The standard InChI is InChI=1S/C21H29FN4O2/c1-14(13-27-4)25-20(23)15(2)16(3)21(24)26-11-9-19(10-12-26)28-18-7-5-17(22)6-8-18/h5-8,19,24H,1,9-13H2,2-4H3,(H2,23,25)/b16-15-,24-21?. The van der Waals surface area contributed by atoms with Crippen molar-refractivity contribution in [2.75, 3.05) is 26.8 Å². The van der Waals surface area contributed by atoms with Crippen LogP contribution in [0.25, 0.3) is 0 Å². The lowest BCUT2D eigenvalue weighted by atomic mass is 10.0. The maximum Gasteiger partial charge on any atom is 0.127 e. The van der Waals surface area contributed by atoms with E-state index >= 15 is 0 Å². The number of likely N-dealkylation sites (tertiary alicyclic amines) is 1. The van der Waals surface area contributed by atoms with Gasteiger partial charge in [-0.3, -0.25) is 5.41 Å². The van der Waals surface area contributed by atoms with E-state index in [1.54, 1.807) is 19.2 Å². The number of amidine groups is 2. The Morgan fingerprint density at radius 2 is 1.86 bits per heavy atom. The topological polar surface area (TPSA) is 83.9 Å². The largest absolute Gasteiger partial charge is 0.490 e. The van der Waals surface area contributed by atoms with Crippen LogP contribution in [0.3, 0.4) is 0 Å². The molecule has 2 rings (SSSR count). The first-order valence-corrected chi connectivity index (χ1v) is 9.26. The molecule has 0 unspecified atom stereocenters. The predicted octanol–water partition coefficient (Wildman–Crippen LogP) is 3.50. The summed E-state index contributed by atoms with van der Waals surface area (Å²) in [5.74, 6) is 1.18. The van der Waals surface area contributed by atoms with E-state index in [1.807, 2.05) is 18.7 Å². The highest BCUT2D eigenvalue weighted by Crippen LogP contribution is 2.21. The van der Waals surface area contributed by atoms with Gasteiger partial charge >= 0.3 is 0 Å². The van der Waals surface area contributed by atoms with Gasteiger partial charge in [0.05, 0.1) is 12.3 Å². The highest BCUT2D eigenvalue weighted by Gasteiger charge is 2.23. The Balaban J connectivity index is 1.94. The fraction of sp³-hybridized carbons (Fsp3) is 0.429. The molecule has 6 nitrogen and oxygen atoms in total. The average molecular weight is 388 g/mol. The van der Waals surface area contributed by atoms with Crippen molar-refractivity contribution in [3.63, 3.8) is 0 Å². The van der Waals surface area contributed by atoms with Crippen molar-refractivity contribution in [2.45, 2.75) is 32.8 Å². The van der Waals surface area contributed by atoms with E-state index in [2.05, 4.69) is 11.6 Å². The van der Waals surface area contributed by atoms with Crippen LogP contribution in [-0.4, -0.2) is 49.5 Å². The molecule has 1 aliphatic rings. The minimum Gasteiger partial charge on any atom is -0.490 e. The van der Waals surface area contributed by atoms with E-state index < -0.39 is 0 Å². The van der Waals surface area contributed by atoms with Crippen LogP contribution in [0, 0.1) is 11.2 Å². The minimum atomic E-state index is -0.276. The second-order valence-corrected chi connectivity index (χ2v) is 6.85. The molecule has 1 saturated heterocycles. The number of nitrogens with one attached hydrogen (secondary N) is 1. The molecule has 1 aromatic carbocycles. The molecule has 1 heterocycles. The van der Waals surface area contributed by atoms with Gasteiger partial charge in [0.25, 0.3) is 0 Å². The number of hydrogen-bond donors (Lipinski definition) is 2. The van der Waals surface area contributed by atoms with Crippen molar-refractivity contribution in [3.05, 3.63) is 53.5 Å². The number of rotatable bonds is 7. The molecule has 0 spiro atoms. The zero-order valence-corrected chi connectivity index (χ0v) is 16.8. The van der Waals surface area contributed by atoms with Crippen molar-refractivity contribution in [1.82, 2.24) is 4.90 Å². The highest BCUT2D eigenvalue weighted by atomic mass is 19.1. The Morgan fingerprint density at radius 1 is 1.25 bits per heavy atom. The van der Waals surface area contributed by atoms with Crippen LogP contribution in [0.5, 0.6) is 5.75 Å². The number of benzene rings is 1. The Kier molecular flexibility index (Phi) is 7.75. The maximum absolute atomic E-state index is 13.0. The van der Waals surface area contributed by atoms with Crippen LogP contribution < -0.4 is 10.5 Å². The fourth-order valence-electron chi connectivity index (χ4n) is 2.96. The summed E-state index contributed by atoms with van der Waals surface area (Å²) < 4.78 is 23.9. The molecule has 0 bridgehead atoms. The summed E-state index contributed by atoms with van der Waals surface area (Å²) in [6.45, 7) is 9.26. The summed E-state index contributed by atoms with van der Waals surface area (Å²) in [5.41, 5.74) is 8.13. The summed E-state index contributed by atoms with van der Waals surface area (Å²) >= 11 is 0. The van der Waals surface area contributed by atoms with E-state index in [0.29, 0.717) is 42.8 Å².